The number of hydrogen-bond donors (Lipinski definition) is 1. The minimum absolute atomic E-state index is 1.05. The molecule has 0 fully saturated rings. The highest BCUT2D eigenvalue weighted by Crippen LogP contribution is 2.00. The Morgan fingerprint density at radius 1 is 1.64 bits per heavy atom. The zero-order chi connectivity index (χ0) is 8.69. The molecule has 0 unspecified atom stereocenters. The van der Waals surface area contributed by atoms with Crippen LogP contribution < -0.4 is 0 Å². The maximum Gasteiger partial charge on any atom is 0.0890 e. The van der Waals surface area contributed by atoms with Gasteiger partial charge in [0.15, 0.2) is 0 Å². The van der Waals surface area contributed by atoms with Gasteiger partial charge in [-0.3, -0.25) is 0 Å². The van der Waals surface area contributed by atoms with E-state index in [0.29, 0.717) is 0 Å². The summed E-state index contributed by atoms with van der Waals surface area (Å²) in [6, 6.07) is 0. The van der Waals surface area contributed by atoms with Gasteiger partial charge in [-0.15, -0.1) is 0 Å². The lowest BCUT2D eigenvalue weighted by molar-refractivity contribution is 0.308. The second-order valence-corrected chi connectivity index (χ2v) is 2.41. The van der Waals surface area contributed by atoms with E-state index in [-0.39, 0.29) is 0 Å². The first-order valence-corrected chi connectivity index (χ1v) is 3.82. The van der Waals surface area contributed by atoms with Crippen molar-refractivity contribution in [2.24, 2.45) is 0 Å². The van der Waals surface area contributed by atoms with Crippen LogP contribution in [-0.2, 0) is 0 Å². The molecule has 1 N–H and O–H groups in total. The van der Waals surface area contributed by atoms with E-state index in [4.69, 9.17) is 5.41 Å². The van der Waals surface area contributed by atoms with E-state index in [0.717, 1.165) is 13.2 Å². The van der Waals surface area contributed by atoms with Gasteiger partial charge < -0.3 is 9.80 Å². The van der Waals surface area contributed by atoms with Gasteiger partial charge in [0.2, 0.25) is 0 Å². The second kappa shape index (κ2) is 5.89. The molecule has 1 rings (SSSR count). The highest BCUT2D eigenvalue weighted by Gasteiger charge is 2.03. The molecule has 4 heteroatoms. The summed E-state index contributed by atoms with van der Waals surface area (Å²) in [7, 11) is 2.08. The third-order valence-corrected chi connectivity index (χ3v) is 1.34. The summed E-state index contributed by atoms with van der Waals surface area (Å²) in [5, 5.41) is 7.36. The Morgan fingerprint density at radius 3 is 2.36 bits per heavy atom. The van der Waals surface area contributed by atoms with Crippen molar-refractivity contribution in [1.82, 2.24) is 9.80 Å². The molecule has 0 aliphatic carbocycles. The van der Waals surface area contributed by atoms with Gasteiger partial charge in [-0.2, -0.15) is 0 Å². The summed E-state index contributed by atoms with van der Waals surface area (Å²) in [5.74, 6) is 0. The highest BCUT2D eigenvalue weighted by molar-refractivity contribution is 7.78. The Bertz CT molecular complexity index is 161. The maximum atomic E-state index is 5.77. The van der Waals surface area contributed by atoms with Crippen LogP contribution in [0.2, 0.25) is 0 Å². The molecule has 0 radical (unpaired) electrons. The predicted octanol–water partition coefficient (Wildman–Crippen LogP) is 1.35. The molecular formula is C7H13N3S. The lowest BCUT2D eigenvalue weighted by Gasteiger charge is -2.14. The number of nitrogens with zero attached hydrogens (tertiary/aromatic N) is 2. The van der Waals surface area contributed by atoms with Gasteiger partial charge in [-0.1, -0.05) is 0 Å². The van der Waals surface area contributed by atoms with Gasteiger partial charge in [-0.25, -0.2) is 5.41 Å². The van der Waals surface area contributed by atoms with Crippen molar-refractivity contribution >= 4 is 17.4 Å². The van der Waals surface area contributed by atoms with E-state index in [1.165, 1.54) is 0 Å². The van der Waals surface area contributed by atoms with Crippen LogP contribution in [0, 0.1) is 5.41 Å². The van der Waals surface area contributed by atoms with Crippen molar-refractivity contribution in [2.45, 2.75) is 6.92 Å². The molecule has 1 heterocycles. The maximum absolute atomic E-state index is 5.77. The number of rotatable bonds is 1. The van der Waals surface area contributed by atoms with Crippen LogP contribution in [0.25, 0.3) is 0 Å². The van der Waals surface area contributed by atoms with Crippen molar-refractivity contribution < 1.29 is 0 Å². The van der Waals surface area contributed by atoms with Gasteiger partial charge in [0.25, 0.3) is 0 Å². The number of thiocarbonyl (C=S) groups is 1. The molecule has 0 aromatic rings. The van der Waals surface area contributed by atoms with Gasteiger partial charge in [0, 0.05) is 26.0 Å². The van der Waals surface area contributed by atoms with Crippen molar-refractivity contribution in [3.63, 3.8) is 0 Å². The molecule has 0 amide bonds. The quantitative estimate of drug-likeness (QED) is 0.477. The summed E-state index contributed by atoms with van der Waals surface area (Å²) in [4.78, 5) is 4.41. The van der Waals surface area contributed by atoms with Crippen LogP contribution in [0.5, 0.6) is 0 Å². The smallest absolute Gasteiger partial charge is 0.0890 e. The standard InChI is InChI=1S/C6H12N2.CHNS/c1-3-8-5-4-7(2)6-8;2-1-3/h4-5H,3,6H2,1-2H3;2H. The first-order chi connectivity index (χ1) is 5.24. The molecule has 0 atom stereocenters. The van der Waals surface area contributed by atoms with Gasteiger partial charge in [-0.05, 0) is 19.1 Å². The Hall–Kier alpha value is -0.860. The Kier molecular flexibility index (Phi) is 5.43. The van der Waals surface area contributed by atoms with Crippen LogP contribution in [0.3, 0.4) is 0 Å². The van der Waals surface area contributed by atoms with Crippen LogP contribution in [-0.4, -0.2) is 35.2 Å². The molecule has 0 saturated heterocycles. The molecule has 0 aromatic carbocycles. The van der Waals surface area contributed by atoms with Crippen LogP contribution in [0.15, 0.2) is 12.4 Å². The largest absolute Gasteiger partial charge is 0.362 e. The van der Waals surface area contributed by atoms with Crippen LogP contribution in [0.1, 0.15) is 6.92 Å². The van der Waals surface area contributed by atoms with E-state index in [1.807, 2.05) is 0 Å². The predicted molar refractivity (Wildman–Crippen MR) is 49.5 cm³/mol. The first-order valence-electron chi connectivity index (χ1n) is 3.41. The number of isothiocyanates is 1. The summed E-state index contributed by atoms with van der Waals surface area (Å²) in [5.41, 5.74) is 0. The van der Waals surface area contributed by atoms with Crippen molar-refractivity contribution in [1.29, 1.82) is 5.41 Å². The lowest BCUT2D eigenvalue weighted by Crippen LogP contribution is -2.21. The summed E-state index contributed by atoms with van der Waals surface area (Å²) in [6.07, 6.45) is 4.20. The van der Waals surface area contributed by atoms with E-state index in [2.05, 4.69) is 48.4 Å². The average Bonchev–Trinajstić information content (AvgIpc) is 2.37. The minimum atomic E-state index is 1.05. The topological polar surface area (TPSA) is 30.3 Å². The second-order valence-electron chi connectivity index (χ2n) is 2.20. The van der Waals surface area contributed by atoms with Crippen LogP contribution >= 0.6 is 12.2 Å². The van der Waals surface area contributed by atoms with E-state index >= 15 is 0 Å². The number of nitrogens with one attached hydrogen (secondary N) is 1. The fourth-order valence-electron chi connectivity index (χ4n) is 0.794. The zero-order valence-corrected chi connectivity index (χ0v) is 7.69. The lowest BCUT2D eigenvalue weighted by atomic mass is 10.6. The highest BCUT2D eigenvalue weighted by atomic mass is 32.1. The van der Waals surface area contributed by atoms with Crippen molar-refractivity contribution in [3.05, 3.63) is 12.4 Å². The summed E-state index contributed by atoms with van der Waals surface area (Å²) >= 11 is 3.81. The third-order valence-electron chi connectivity index (χ3n) is 1.34. The minimum Gasteiger partial charge on any atom is -0.362 e. The molecule has 0 bridgehead atoms. The summed E-state index contributed by atoms with van der Waals surface area (Å²) < 4.78 is 0. The van der Waals surface area contributed by atoms with E-state index < -0.39 is 0 Å². The molecule has 1 aliphatic rings. The van der Waals surface area contributed by atoms with Gasteiger partial charge >= 0.3 is 0 Å². The molecule has 0 aromatic heterocycles. The molecule has 1 aliphatic heterocycles. The SMILES string of the molecule is CCN1C=CN(C)C1.N=C=S. The molecule has 0 spiro atoms. The molecular weight excluding hydrogens is 158 g/mol. The monoisotopic (exact) mass is 171 g/mol. The van der Waals surface area contributed by atoms with E-state index in [9.17, 15) is 0 Å². The number of hydrogen-bond acceptors (Lipinski definition) is 4. The first kappa shape index (κ1) is 10.1. The van der Waals surface area contributed by atoms with Crippen LogP contribution in [0.4, 0.5) is 0 Å². The molecule has 3 nitrogen and oxygen atoms in total. The van der Waals surface area contributed by atoms with Gasteiger partial charge in [0.1, 0.15) is 0 Å². The van der Waals surface area contributed by atoms with Gasteiger partial charge in [0.05, 0.1) is 11.8 Å². The normalized spacial score (nSPS) is 14.0. The van der Waals surface area contributed by atoms with E-state index in [1.54, 1.807) is 5.16 Å². The zero-order valence-electron chi connectivity index (χ0n) is 6.87. The molecule has 0 saturated carbocycles. The molecule has 62 valence electrons. The third kappa shape index (κ3) is 4.53. The summed E-state index contributed by atoms with van der Waals surface area (Å²) in [6.45, 7) is 4.32. The average molecular weight is 171 g/mol. The fourth-order valence-corrected chi connectivity index (χ4v) is 0.794. The molecule has 11 heavy (non-hydrogen) atoms. The van der Waals surface area contributed by atoms with Crippen molar-refractivity contribution in [3.8, 4) is 0 Å². The van der Waals surface area contributed by atoms with Crippen molar-refractivity contribution in [2.75, 3.05) is 20.3 Å². The Balaban J connectivity index is 0.000000292. The Morgan fingerprint density at radius 2 is 2.18 bits per heavy atom. The Labute approximate surface area is 72.8 Å². The fraction of sp³-hybridized carbons (Fsp3) is 0.571.